The Balaban J connectivity index is 1.81. The van der Waals surface area contributed by atoms with Crippen molar-refractivity contribution in [2.75, 3.05) is 19.0 Å². The molecule has 6 nitrogen and oxygen atoms in total. The summed E-state index contributed by atoms with van der Waals surface area (Å²) in [6.07, 6.45) is 5.28. The summed E-state index contributed by atoms with van der Waals surface area (Å²) >= 11 is 7.04. The minimum absolute atomic E-state index is 0.172. The molecule has 0 bridgehead atoms. The lowest BCUT2D eigenvalue weighted by molar-refractivity contribution is 0.0606. The minimum Gasteiger partial charge on any atom is -0.465 e. The molecule has 0 aromatic carbocycles. The third-order valence-corrected chi connectivity index (χ3v) is 3.76. The Morgan fingerprint density at radius 3 is 3.16 bits per heavy atom. The largest absolute Gasteiger partial charge is 0.465 e. The number of nitrogens with zero attached hydrogens (tertiary/aromatic N) is 2. The summed E-state index contributed by atoms with van der Waals surface area (Å²) in [6, 6.07) is 0. The van der Waals surface area contributed by atoms with Gasteiger partial charge >= 0.3 is 5.97 Å². The van der Waals surface area contributed by atoms with E-state index in [4.69, 9.17) is 11.6 Å². The number of anilines is 1. The number of thiazole rings is 1. The predicted molar refractivity (Wildman–Crippen MR) is 73.9 cm³/mol. The third kappa shape index (κ3) is 3.68. The number of hydrogen-bond acceptors (Lipinski definition) is 6. The SMILES string of the molecule is COC(=O)c1sc(NCCCc2ncc[nH]2)nc1Cl. The molecule has 2 N–H and O–H groups in total. The van der Waals surface area contributed by atoms with Crippen molar-refractivity contribution in [3.63, 3.8) is 0 Å². The number of aromatic nitrogens is 3. The molecule has 0 fully saturated rings. The molecule has 8 heteroatoms. The van der Waals surface area contributed by atoms with Gasteiger partial charge in [0.05, 0.1) is 7.11 Å². The van der Waals surface area contributed by atoms with Gasteiger partial charge in [-0.3, -0.25) is 0 Å². The quantitative estimate of drug-likeness (QED) is 0.632. The van der Waals surface area contributed by atoms with Crippen LogP contribution >= 0.6 is 22.9 Å². The van der Waals surface area contributed by atoms with Crippen LogP contribution in [-0.4, -0.2) is 34.6 Å². The Kier molecular flexibility index (Phi) is 4.75. The van der Waals surface area contributed by atoms with E-state index in [9.17, 15) is 4.79 Å². The number of H-pyrrole nitrogens is 1. The first-order valence-corrected chi connectivity index (χ1v) is 6.87. The van der Waals surface area contributed by atoms with Gasteiger partial charge in [-0.25, -0.2) is 14.8 Å². The number of aromatic amines is 1. The zero-order valence-electron chi connectivity index (χ0n) is 10.3. The maximum absolute atomic E-state index is 11.4. The molecule has 0 amide bonds. The molecule has 0 aliphatic heterocycles. The summed E-state index contributed by atoms with van der Waals surface area (Å²) in [5, 5.41) is 3.91. The monoisotopic (exact) mass is 300 g/mol. The molecule has 2 rings (SSSR count). The van der Waals surface area contributed by atoms with Crippen molar-refractivity contribution in [2.24, 2.45) is 0 Å². The highest BCUT2D eigenvalue weighted by atomic mass is 35.5. The fourth-order valence-corrected chi connectivity index (χ4v) is 2.61. The Morgan fingerprint density at radius 2 is 2.47 bits per heavy atom. The molecular weight excluding hydrogens is 288 g/mol. The second-order valence-electron chi connectivity index (χ2n) is 3.70. The Hall–Kier alpha value is -1.60. The van der Waals surface area contributed by atoms with Crippen molar-refractivity contribution in [2.45, 2.75) is 12.8 Å². The first-order valence-electron chi connectivity index (χ1n) is 5.67. The van der Waals surface area contributed by atoms with Crippen LogP contribution in [0.3, 0.4) is 0 Å². The molecule has 2 aromatic rings. The van der Waals surface area contributed by atoms with E-state index in [1.165, 1.54) is 18.4 Å². The fourth-order valence-electron chi connectivity index (χ4n) is 1.48. The number of rotatable bonds is 6. The number of nitrogens with one attached hydrogen (secondary N) is 2. The number of esters is 1. The van der Waals surface area contributed by atoms with Gasteiger partial charge in [0.25, 0.3) is 0 Å². The van der Waals surface area contributed by atoms with Gasteiger partial charge in [-0.2, -0.15) is 0 Å². The van der Waals surface area contributed by atoms with Crippen molar-refractivity contribution in [3.8, 4) is 0 Å². The van der Waals surface area contributed by atoms with Gasteiger partial charge < -0.3 is 15.0 Å². The standard InChI is InChI=1S/C11H13ClN4O2S/c1-18-10(17)8-9(12)16-11(19-8)15-4-2-3-7-13-5-6-14-7/h5-6H,2-4H2,1H3,(H,13,14)(H,15,16). The molecule has 2 heterocycles. The number of carbonyl (C=O) groups is 1. The number of aryl methyl sites for hydroxylation is 1. The summed E-state index contributed by atoms with van der Waals surface area (Å²) < 4.78 is 4.61. The lowest BCUT2D eigenvalue weighted by Gasteiger charge is -2.00. The van der Waals surface area contributed by atoms with E-state index in [0.717, 1.165) is 25.2 Å². The van der Waals surface area contributed by atoms with Crippen LogP contribution in [0.5, 0.6) is 0 Å². The topological polar surface area (TPSA) is 79.9 Å². The highest BCUT2D eigenvalue weighted by Crippen LogP contribution is 2.27. The van der Waals surface area contributed by atoms with Crippen LogP contribution in [0.2, 0.25) is 5.15 Å². The van der Waals surface area contributed by atoms with E-state index in [-0.39, 0.29) is 5.15 Å². The number of ether oxygens (including phenoxy) is 1. The Bertz CT molecular complexity index is 541. The Morgan fingerprint density at radius 1 is 1.63 bits per heavy atom. The second-order valence-corrected chi connectivity index (χ2v) is 5.05. The van der Waals surface area contributed by atoms with Crippen molar-refractivity contribution in [3.05, 3.63) is 28.2 Å². The molecular formula is C11H13ClN4O2S. The zero-order valence-corrected chi connectivity index (χ0v) is 11.8. The van der Waals surface area contributed by atoms with E-state index in [2.05, 4.69) is 25.0 Å². The first kappa shape index (κ1) is 13.8. The van der Waals surface area contributed by atoms with Gasteiger partial charge in [-0.15, -0.1) is 0 Å². The van der Waals surface area contributed by atoms with Gasteiger partial charge in [0.1, 0.15) is 5.82 Å². The number of methoxy groups -OCH3 is 1. The van der Waals surface area contributed by atoms with E-state index in [0.29, 0.717) is 10.0 Å². The minimum atomic E-state index is -0.467. The molecule has 2 aromatic heterocycles. The highest BCUT2D eigenvalue weighted by molar-refractivity contribution is 7.18. The molecule has 0 aliphatic rings. The highest BCUT2D eigenvalue weighted by Gasteiger charge is 2.16. The average Bonchev–Trinajstić information content (AvgIpc) is 3.03. The van der Waals surface area contributed by atoms with E-state index < -0.39 is 5.97 Å². The number of imidazole rings is 1. The number of carbonyl (C=O) groups excluding carboxylic acids is 1. The van der Waals surface area contributed by atoms with Crippen LogP contribution in [0.1, 0.15) is 21.9 Å². The summed E-state index contributed by atoms with van der Waals surface area (Å²) in [5.74, 6) is 0.486. The van der Waals surface area contributed by atoms with Crippen LogP contribution in [0.4, 0.5) is 5.13 Å². The predicted octanol–water partition coefficient (Wildman–Crippen LogP) is 2.35. The van der Waals surface area contributed by atoms with E-state index >= 15 is 0 Å². The molecule has 0 saturated carbocycles. The van der Waals surface area contributed by atoms with Crippen molar-refractivity contribution in [1.82, 2.24) is 15.0 Å². The average molecular weight is 301 g/mol. The zero-order chi connectivity index (χ0) is 13.7. The van der Waals surface area contributed by atoms with Crippen molar-refractivity contribution in [1.29, 1.82) is 0 Å². The van der Waals surface area contributed by atoms with Crippen LogP contribution in [0.15, 0.2) is 12.4 Å². The van der Waals surface area contributed by atoms with Crippen LogP contribution in [-0.2, 0) is 11.2 Å². The van der Waals surface area contributed by atoms with Crippen LogP contribution in [0, 0.1) is 0 Å². The molecule has 19 heavy (non-hydrogen) atoms. The van der Waals surface area contributed by atoms with E-state index in [1.807, 2.05) is 0 Å². The van der Waals surface area contributed by atoms with Crippen molar-refractivity contribution >= 4 is 34.0 Å². The molecule has 0 aliphatic carbocycles. The summed E-state index contributed by atoms with van der Waals surface area (Å²) in [7, 11) is 1.31. The Labute approximate surface area is 119 Å². The summed E-state index contributed by atoms with van der Waals surface area (Å²) in [5.41, 5.74) is 0. The number of hydrogen-bond donors (Lipinski definition) is 2. The fraction of sp³-hybridized carbons (Fsp3) is 0.364. The maximum atomic E-state index is 11.4. The summed E-state index contributed by atoms with van der Waals surface area (Å²) in [4.78, 5) is 22.9. The molecule has 102 valence electrons. The molecule has 0 saturated heterocycles. The number of halogens is 1. The van der Waals surface area contributed by atoms with Gasteiger partial charge in [0.2, 0.25) is 0 Å². The van der Waals surface area contributed by atoms with Gasteiger partial charge in [-0.05, 0) is 6.42 Å². The van der Waals surface area contributed by atoms with Gasteiger partial charge in [0, 0.05) is 25.4 Å². The molecule has 0 unspecified atom stereocenters. The lowest BCUT2D eigenvalue weighted by Crippen LogP contribution is -2.03. The maximum Gasteiger partial charge on any atom is 0.351 e. The normalized spacial score (nSPS) is 10.4. The smallest absolute Gasteiger partial charge is 0.351 e. The molecule has 0 radical (unpaired) electrons. The molecule has 0 spiro atoms. The summed E-state index contributed by atoms with van der Waals surface area (Å²) in [6.45, 7) is 0.727. The molecule has 0 atom stereocenters. The van der Waals surface area contributed by atoms with Crippen molar-refractivity contribution < 1.29 is 9.53 Å². The van der Waals surface area contributed by atoms with Gasteiger partial charge in [0.15, 0.2) is 15.2 Å². The van der Waals surface area contributed by atoms with Gasteiger partial charge in [-0.1, -0.05) is 22.9 Å². The second kappa shape index (κ2) is 6.53. The first-order chi connectivity index (χ1) is 9.20. The lowest BCUT2D eigenvalue weighted by atomic mass is 10.3. The third-order valence-electron chi connectivity index (χ3n) is 2.38. The van der Waals surface area contributed by atoms with E-state index in [1.54, 1.807) is 12.4 Å². The van der Waals surface area contributed by atoms with Crippen LogP contribution in [0.25, 0.3) is 0 Å². The van der Waals surface area contributed by atoms with Crippen LogP contribution < -0.4 is 5.32 Å².